The molecule has 2 heteroatoms. The summed E-state index contributed by atoms with van der Waals surface area (Å²) in [5.41, 5.74) is 0.428. The predicted molar refractivity (Wildman–Crippen MR) is 57.0 cm³/mol. The predicted octanol–water partition coefficient (Wildman–Crippen LogP) is 3.22. The van der Waals surface area contributed by atoms with Gasteiger partial charge >= 0.3 is 5.97 Å². The molecule has 0 fully saturated rings. The summed E-state index contributed by atoms with van der Waals surface area (Å²) < 4.78 is 5.31. The van der Waals surface area contributed by atoms with Crippen LogP contribution in [0.4, 0.5) is 0 Å². The summed E-state index contributed by atoms with van der Waals surface area (Å²) in [6, 6.07) is 0. The molecule has 0 radical (unpaired) electrons. The second kappa shape index (κ2) is 4.63. The van der Waals surface area contributed by atoms with Gasteiger partial charge in [0, 0.05) is 5.57 Å². The number of esters is 1. The molecular formula is C12H20O2. The second-order valence-electron chi connectivity index (χ2n) is 4.34. The Morgan fingerprint density at radius 3 is 2.57 bits per heavy atom. The molecule has 1 heterocycles. The number of cyclic esters (lactones) is 1. The number of hydrogen-bond acceptors (Lipinski definition) is 2. The molecule has 0 saturated carbocycles. The molecule has 0 aromatic carbocycles. The van der Waals surface area contributed by atoms with Crippen molar-refractivity contribution in [3.63, 3.8) is 0 Å². The van der Waals surface area contributed by atoms with Gasteiger partial charge < -0.3 is 4.74 Å². The number of carbonyl (C=O) groups excluding carboxylic acids is 1. The number of rotatable bonds is 5. The van der Waals surface area contributed by atoms with Crippen molar-refractivity contribution in [3.05, 3.63) is 11.6 Å². The van der Waals surface area contributed by atoms with Gasteiger partial charge in [0.15, 0.2) is 0 Å². The monoisotopic (exact) mass is 196 g/mol. The normalized spacial score (nSPS) is 26.2. The highest BCUT2D eigenvalue weighted by Crippen LogP contribution is 2.29. The van der Waals surface area contributed by atoms with E-state index in [0.29, 0.717) is 0 Å². The summed E-state index contributed by atoms with van der Waals surface area (Å²) in [6.07, 6.45) is 7.80. The van der Waals surface area contributed by atoms with Crippen LogP contribution in [0.2, 0.25) is 0 Å². The summed E-state index contributed by atoms with van der Waals surface area (Å²) in [4.78, 5) is 11.2. The fraction of sp³-hybridized carbons (Fsp3) is 0.750. The van der Waals surface area contributed by atoms with Gasteiger partial charge in [-0.15, -0.1) is 0 Å². The second-order valence-corrected chi connectivity index (χ2v) is 4.34. The lowest BCUT2D eigenvalue weighted by atomic mass is 9.97. The summed E-state index contributed by atoms with van der Waals surface area (Å²) in [7, 11) is 0. The molecule has 1 aliphatic rings. The molecule has 0 spiro atoms. The van der Waals surface area contributed by atoms with E-state index < -0.39 is 0 Å². The van der Waals surface area contributed by atoms with Gasteiger partial charge in [0.2, 0.25) is 0 Å². The fourth-order valence-electron chi connectivity index (χ4n) is 1.86. The van der Waals surface area contributed by atoms with Crippen molar-refractivity contribution in [1.82, 2.24) is 0 Å². The quantitative estimate of drug-likeness (QED) is 0.498. The molecule has 0 N–H and O–H groups in total. The maximum atomic E-state index is 11.2. The smallest absolute Gasteiger partial charge is 0.334 e. The minimum absolute atomic E-state index is 0.150. The minimum Gasteiger partial charge on any atom is -0.452 e. The topological polar surface area (TPSA) is 26.3 Å². The molecule has 0 aromatic heterocycles. The Kier molecular flexibility index (Phi) is 3.73. The lowest BCUT2D eigenvalue weighted by Crippen LogP contribution is -2.23. The van der Waals surface area contributed by atoms with Gasteiger partial charge in [0.1, 0.15) is 5.60 Å². The first-order chi connectivity index (χ1) is 6.57. The summed E-state index contributed by atoms with van der Waals surface area (Å²) in [5, 5.41) is 0. The Balaban J connectivity index is 2.34. The van der Waals surface area contributed by atoms with Gasteiger partial charge in [0.25, 0.3) is 0 Å². The summed E-state index contributed by atoms with van der Waals surface area (Å²) in [5.74, 6) is -0.150. The van der Waals surface area contributed by atoms with Crippen molar-refractivity contribution in [3.8, 4) is 0 Å². The molecule has 1 aliphatic heterocycles. The summed E-state index contributed by atoms with van der Waals surface area (Å²) >= 11 is 0. The van der Waals surface area contributed by atoms with Crippen LogP contribution in [0, 0.1) is 0 Å². The van der Waals surface area contributed by atoms with Crippen LogP contribution < -0.4 is 0 Å². The largest absolute Gasteiger partial charge is 0.452 e. The molecule has 0 aliphatic carbocycles. The van der Waals surface area contributed by atoms with E-state index in [9.17, 15) is 4.79 Å². The average molecular weight is 196 g/mol. The first-order valence-electron chi connectivity index (χ1n) is 5.50. The van der Waals surface area contributed by atoms with Gasteiger partial charge in [-0.2, -0.15) is 0 Å². The minimum atomic E-state index is -0.324. The van der Waals surface area contributed by atoms with E-state index in [4.69, 9.17) is 4.74 Å². The molecule has 0 bridgehead atoms. The van der Waals surface area contributed by atoms with Crippen LogP contribution in [0.3, 0.4) is 0 Å². The molecule has 14 heavy (non-hydrogen) atoms. The standard InChI is InChI=1S/C12H20O2/c1-4-5-6-7-8-12(3)9-10(2)11(13)14-12/h9H,4-8H2,1-3H3. The van der Waals surface area contributed by atoms with Crippen molar-refractivity contribution < 1.29 is 9.53 Å². The summed E-state index contributed by atoms with van der Waals surface area (Å²) in [6.45, 7) is 6.01. The Morgan fingerprint density at radius 2 is 2.07 bits per heavy atom. The molecular weight excluding hydrogens is 176 g/mol. The van der Waals surface area contributed by atoms with Crippen LogP contribution in [-0.2, 0) is 9.53 Å². The number of unbranched alkanes of at least 4 members (excludes halogenated alkanes) is 3. The van der Waals surface area contributed by atoms with Gasteiger partial charge in [-0.1, -0.05) is 26.2 Å². The Bertz CT molecular complexity index is 243. The highest BCUT2D eigenvalue weighted by Gasteiger charge is 2.32. The zero-order valence-electron chi connectivity index (χ0n) is 9.43. The van der Waals surface area contributed by atoms with Gasteiger partial charge in [-0.05, 0) is 32.8 Å². The van der Waals surface area contributed by atoms with Crippen LogP contribution >= 0.6 is 0 Å². The zero-order chi connectivity index (χ0) is 10.6. The molecule has 2 nitrogen and oxygen atoms in total. The van der Waals surface area contributed by atoms with Crippen LogP contribution in [0.1, 0.15) is 52.9 Å². The molecule has 1 unspecified atom stereocenters. The zero-order valence-corrected chi connectivity index (χ0v) is 9.43. The van der Waals surface area contributed by atoms with E-state index in [1.54, 1.807) is 0 Å². The van der Waals surface area contributed by atoms with Crippen molar-refractivity contribution >= 4 is 5.97 Å². The van der Waals surface area contributed by atoms with Gasteiger partial charge in [-0.25, -0.2) is 4.79 Å². The van der Waals surface area contributed by atoms with E-state index in [-0.39, 0.29) is 11.6 Å². The first-order valence-corrected chi connectivity index (χ1v) is 5.50. The molecule has 80 valence electrons. The Morgan fingerprint density at radius 1 is 1.36 bits per heavy atom. The molecule has 1 atom stereocenters. The van der Waals surface area contributed by atoms with Gasteiger partial charge in [-0.3, -0.25) is 0 Å². The lowest BCUT2D eigenvalue weighted by Gasteiger charge is -2.20. The molecule has 0 saturated heterocycles. The highest BCUT2D eigenvalue weighted by atomic mass is 16.6. The van der Waals surface area contributed by atoms with E-state index in [0.717, 1.165) is 18.4 Å². The maximum Gasteiger partial charge on any atom is 0.334 e. The van der Waals surface area contributed by atoms with Crippen LogP contribution in [0.25, 0.3) is 0 Å². The average Bonchev–Trinajstić information content (AvgIpc) is 2.36. The number of carbonyl (C=O) groups is 1. The third kappa shape index (κ3) is 2.86. The molecule has 0 aromatic rings. The Hall–Kier alpha value is -0.790. The van der Waals surface area contributed by atoms with Crippen molar-refractivity contribution in [1.29, 1.82) is 0 Å². The van der Waals surface area contributed by atoms with Crippen LogP contribution in [0.15, 0.2) is 11.6 Å². The van der Waals surface area contributed by atoms with E-state index in [1.165, 1.54) is 19.3 Å². The Labute approximate surface area is 86.3 Å². The molecule has 0 amide bonds. The van der Waals surface area contributed by atoms with Crippen molar-refractivity contribution in [2.24, 2.45) is 0 Å². The maximum absolute atomic E-state index is 11.2. The SMILES string of the molecule is CCCCCCC1(C)C=C(C)C(=O)O1. The van der Waals surface area contributed by atoms with Crippen LogP contribution in [0.5, 0.6) is 0 Å². The van der Waals surface area contributed by atoms with Crippen molar-refractivity contribution in [2.75, 3.05) is 0 Å². The van der Waals surface area contributed by atoms with E-state index >= 15 is 0 Å². The first kappa shape index (κ1) is 11.3. The molecule has 1 rings (SSSR count). The third-order valence-corrected chi connectivity index (χ3v) is 2.70. The number of hydrogen-bond donors (Lipinski definition) is 0. The van der Waals surface area contributed by atoms with Crippen molar-refractivity contribution in [2.45, 2.75) is 58.5 Å². The van der Waals surface area contributed by atoms with E-state index in [2.05, 4.69) is 6.92 Å². The van der Waals surface area contributed by atoms with Crippen LogP contribution in [-0.4, -0.2) is 11.6 Å². The lowest BCUT2D eigenvalue weighted by molar-refractivity contribution is -0.145. The third-order valence-electron chi connectivity index (χ3n) is 2.70. The number of ether oxygens (including phenoxy) is 1. The van der Waals surface area contributed by atoms with E-state index in [1.807, 2.05) is 19.9 Å². The van der Waals surface area contributed by atoms with Gasteiger partial charge in [0.05, 0.1) is 0 Å². The highest BCUT2D eigenvalue weighted by molar-refractivity contribution is 5.90. The fourth-order valence-corrected chi connectivity index (χ4v) is 1.86.